The van der Waals surface area contributed by atoms with Crippen LogP contribution in [-0.2, 0) is 6.54 Å². The molecule has 0 spiro atoms. The van der Waals surface area contributed by atoms with E-state index in [1.807, 2.05) is 91.0 Å². The number of fused-ring (bicyclic) bond motifs is 1. The van der Waals surface area contributed by atoms with Crippen molar-refractivity contribution in [2.45, 2.75) is 6.54 Å². The maximum absolute atomic E-state index is 13.2. The predicted octanol–water partition coefficient (Wildman–Crippen LogP) is 5.65. The molecule has 6 heteroatoms. The molecule has 0 aliphatic heterocycles. The number of hydrogen-bond donors (Lipinski definition) is 1. The van der Waals surface area contributed by atoms with E-state index >= 15 is 0 Å². The molecule has 0 aliphatic carbocycles. The number of aromatic nitrogens is 3. The van der Waals surface area contributed by atoms with Gasteiger partial charge in [-0.25, -0.2) is 9.50 Å². The molecule has 2 aromatic heterocycles. The van der Waals surface area contributed by atoms with Gasteiger partial charge < -0.3 is 5.32 Å². The number of benzene rings is 3. The molecular weight excluding hydrogens is 420 g/mol. The Hall–Kier alpha value is -3.96. The number of rotatable bonds is 5. The van der Waals surface area contributed by atoms with Gasteiger partial charge in [-0.3, -0.25) is 4.79 Å². The van der Waals surface area contributed by atoms with Crippen LogP contribution in [0, 0.1) is 0 Å². The summed E-state index contributed by atoms with van der Waals surface area (Å²) in [5.74, 6) is -0.239. The Morgan fingerprint density at radius 2 is 1.53 bits per heavy atom. The Morgan fingerprint density at radius 1 is 0.844 bits per heavy atom. The van der Waals surface area contributed by atoms with Crippen molar-refractivity contribution in [2.24, 2.45) is 0 Å². The van der Waals surface area contributed by atoms with Crippen molar-refractivity contribution >= 4 is 23.2 Å². The highest BCUT2D eigenvalue weighted by atomic mass is 35.5. The normalized spacial score (nSPS) is 10.9. The van der Waals surface area contributed by atoms with Crippen molar-refractivity contribution in [2.75, 3.05) is 0 Å². The van der Waals surface area contributed by atoms with Crippen LogP contribution in [0.15, 0.2) is 97.1 Å². The van der Waals surface area contributed by atoms with E-state index in [4.69, 9.17) is 16.6 Å². The van der Waals surface area contributed by atoms with Crippen molar-refractivity contribution in [3.63, 3.8) is 0 Å². The molecular formula is C26H19ClN4O. The second-order valence-electron chi connectivity index (χ2n) is 7.34. The number of nitrogens with one attached hydrogen (secondary N) is 1. The molecule has 0 saturated heterocycles. The zero-order chi connectivity index (χ0) is 21.9. The monoisotopic (exact) mass is 438 g/mol. The summed E-state index contributed by atoms with van der Waals surface area (Å²) in [6.45, 7) is 0.414. The third-order valence-corrected chi connectivity index (χ3v) is 5.50. The second-order valence-corrected chi connectivity index (χ2v) is 7.75. The Kier molecular flexibility index (Phi) is 5.40. The van der Waals surface area contributed by atoms with Crippen LogP contribution < -0.4 is 5.32 Å². The van der Waals surface area contributed by atoms with E-state index in [1.54, 1.807) is 10.6 Å². The van der Waals surface area contributed by atoms with Gasteiger partial charge in [0.2, 0.25) is 0 Å². The molecule has 1 amide bonds. The van der Waals surface area contributed by atoms with Crippen LogP contribution in [-0.4, -0.2) is 20.5 Å². The van der Waals surface area contributed by atoms with Gasteiger partial charge in [-0.15, -0.1) is 0 Å². The largest absolute Gasteiger partial charge is 0.347 e. The standard InChI is InChI=1S/C26H19ClN4O/c27-21-14-8-7-13-20(21)23-15-24(26(32)28-17-18-9-3-1-4-10-18)31-25(29-23)16-22(30-31)19-11-5-2-6-12-19/h1-16H,17H2,(H,28,32). The molecule has 0 fully saturated rings. The van der Waals surface area contributed by atoms with Crippen molar-refractivity contribution in [1.82, 2.24) is 19.9 Å². The van der Waals surface area contributed by atoms with Gasteiger partial charge in [0, 0.05) is 28.8 Å². The van der Waals surface area contributed by atoms with Crippen LogP contribution in [0.2, 0.25) is 5.02 Å². The van der Waals surface area contributed by atoms with Gasteiger partial charge in [0.25, 0.3) is 5.91 Å². The van der Waals surface area contributed by atoms with Crippen LogP contribution in [0.3, 0.4) is 0 Å². The van der Waals surface area contributed by atoms with Crippen molar-refractivity contribution in [3.05, 3.63) is 113 Å². The Morgan fingerprint density at radius 3 is 2.28 bits per heavy atom. The molecule has 0 radical (unpaired) electrons. The Balaban J connectivity index is 1.60. The minimum atomic E-state index is -0.239. The summed E-state index contributed by atoms with van der Waals surface area (Å²) in [6, 6.07) is 30.7. The van der Waals surface area contributed by atoms with Crippen LogP contribution in [0.25, 0.3) is 28.2 Å². The van der Waals surface area contributed by atoms with E-state index in [-0.39, 0.29) is 5.91 Å². The second kappa shape index (κ2) is 8.65. The third kappa shape index (κ3) is 3.98. The van der Waals surface area contributed by atoms with Gasteiger partial charge in [0.15, 0.2) is 5.65 Å². The van der Waals surface area contributed by atoms with Gasteiger partial charge in [-0.2, -0.15) is 5.10 Å². The van der Waals surface area contributed by atoms with Crippen LogP contribution in [0.4, 0.5) is 0 Å². The zero-order valence-electron chi connectivity index (χ0n) is 17.1. The van der Waals surface area contributed by atoms with Gasteiger partial charge >= 0.3 is 0 Å². The predicted molar refractivity (Wildman–Crippen MR) is 126 cm³/mol. The average Bonchev–Trinajstić information content (AvgIpc) is 3.28. The van der Waals surface area contributed by atoms with E-state index in [9.17, 15) is 4.79 Å². The molecule has 0 atom stereocenters. The first kappa shape index (κ1) is 20.0. The molecule has 0 aliphatic rings. The van der Waals surface area contributed by atoms with Gasteiger partial charge in [-0.05, 0) is 17.7 Å². The SMILES string of the molecule is O=C(NCc1ccccc1)c1cc(-c2ccccc2Cl)nc2cc(-c3ccccc3)nn12. The summed E-state index contributed by atoms with van der Waals surface area (Å²) in [6.07, 6.45) is 0. The average molecular weight is 439 g/mol. The molecule has 5 aromatic rings. The minimum absolute atomic E-state index is 0.239. The maximum Gasteiger partial charge on any atom is 0.270 e. The summed E-state index contributed by atoms with van der Waals surface area (Å²) in [4.78, 5) is 18.0. The molecule has 0 unspecified atom stereocenters. The number of carbonyl (C=O) groups is 1. The van der Waals surface area contributed by atoms with E-state index in [0.29, 0.717) is 28.6 Å². The number of hydrogen-bond acceptors (Lipinski definition) is 3. The maximum atomic E-state index is 13.2. The van der Waals surface area contributed by atoms with Crippen molar-refractivity contribution < 1.29 is 4.79 Å². The minimum Gasteiger partial charge on any atom is -0.347 e. The number of carbonyl (C=O) groups excluding carboxylic acids is 1. The van der Waals surface area contributed by atoms with E-state index in [1.165, 1.54) is 0 Å². The molecule has 1 N–H and O–H groups in total. The quantitative estimate of drug-likeness (QED) is 0.386. The summed E-state index contributed by atoms with van der Waals surface area (Å²) in [5.41, 5.74) is 5.06. The van der Waals surface area contributed by atoms with Crippen molar-refractivity contribution in [1.29, 1.82) is 0 Å². The smallest absolute Gasteiger partial charge is 0.270 e. The summed E-state index contributed by atoms with van der Waals surface area (Å²) in [5, 5.41) is 8.24. The highest BCUT2D eigenvalue weighted by molar-refractivity contribution is 6.33. The van der Waals surface area contributed by atoms with Gasteiger partial charge in [-0.1, -0.05) is 90.5 Å². The lowest BCUT2D eigenvalue weighted by molar-refractivity contribution is 0.0943. The number of halogens is 1. The van der Waals surface area contributed by atoms with E-state index in [0.717, 1.165) is 22.4 Å². The first-order valence-corrected chi connectivity index (χ1v) is 10.6. The molecule has 0 bridgehead atoms. The number of amides is 1. The highest BCUT2D eigenvalue weighted by Gasteiger charge is 2.18. The fourth-order valence-corrected chi connectivity index (χ4v) is 3.79. The first-order chi connectivity index (χ1) is 15.7. The molecule has 156 valence electrons. The third-order valence-electron chi connectivity index (χ3n) is 5.18. The van der Waals surface area contributed by atoms with Gasteiger partial charge in [0.1, 0.15) is 5.69 Å². The molecule has 0 saturated carbocycles. The molecule has 5 rings (SSSR count). The van der Waals surface area contributed by atoms with E-state index in [2.05, 4.69) is 10.4 Å². The summed E-state index contributed by atoms with van der Waals surface area (Å²) in [7, 11) is 0. The van der Waals surface area contributed by atoms with Gasteiger partial charge in [0.05, 0.1) is 11.4 Å². The van der Waals surface area contributed by atoms with Crippen LogP contribution >= 0.6 is 11.6 Å². The molecule has 5 nitrogen and oxygen atoms in total. The Labute approximate surface area is 190 Å². The lowest BCUT2D eigenvalue weighted by Gasteiger charge is -2.10. The first-order valence-electron chi connectivity index (χ1n) is 10.2. The fraction of sp³-hybridized carbons (Fsp3) is 0.0385. The molecule has 2 heterocycles. The topological polar surface area (TPSA) is 59.3 Å². The van der Waals surface area contributed by atoms with Crippen molar-refractivity contribution in [3.8, 4) is 22.5 Å². The number of nitrogens with zero attached hydrogens (tertiary/aromatic N) is 3. The molecule has 3 aromatic carbocycles. The fourth-order valence-electron chi connectivity index (χ4n) is 3.56. The Bertz CT molecular complexity index is 1400. The van der Waals surface area contributed by atoms with Crippen LogP contribution in [0.5, 0.6) is 0 Å². The summed E-state index contributed by atoms with van der Waals surface area (Å²) < 4.78 is 1.59. The zero-order valence-corrected chi connectivity index (χ0v) is 17.8. The summed E-state index contributed by atoms with van der Waals surface area (Å²) >= 11 is 6.42. The lowest BCUT2D eigenvalue weighted by atomic mass is 10.1. The molecule has 32 heavy (non-hydrogen) atoms. The van der Waals surface area contributed by atoms with E-state index < -0.39 is 0 Å². The highest BCUT2D eigenvalue weighted by Crippen LogP contribution is 2.28. The lowest BCUT2D eigenvalue weighted by Crippen LogP contribution is -2.25. The van der Waals surface area contributed by atoms with Crippen LogP contribution in [0.1, 0.15) is 16.1 Å².